The molecule has 0 radical (unpaired) electrons. The van der Waals surface area contributed by atoms with Crippen LogP contribution in [0.15, 0.2) is 18.2 Å². The number of rotatable bonds is 1. The van der Waals surface area contributed by atoms with Gasteiger partial charge in [0.2, 0.25) is 5.91 Å². The van der Waals surface area contributed by atoms with Crippen LogP contribution < -0.4 is 10.2 Å². The number of nitrogens with one attached hydrogen (secondary N) is 1. The van der Waals surface area contributed by atoms with Gasteiger partial charge in [0.1, 0.15) is 0 Å². The smallest absolute Gasteiger partial charge is 0.245 e. The van der Waals surface area contributed by atoms with Crippen LogP contribution in [0, 0.1) is 5.41 Å². The second-order valence-corrected chi connectivity index (χ2v) is 6.87. The molecule has 1 fully saturated rings. The molecule has 3 nitrogen and oxygen atoms in total. The van der Waals surface area contributed by atoms with Gasteiger partial charge in [-0.15, -0.1) is 0 Å². The Labute approximate surface area is 123 Å². The first-order valence-electron chi connectivity index (χ1n) is 6.25. The zero-order chi connectivity index (χ0) is 14.4. The summed E-state index contributed by atoms with van der Waals surface area (Å²) in [5.41, 5.74) is 0.647. The Morgan fingerprint density at radius 2 is 1.68 bits per heavy atom. The fourth-order valence-electron chi connectivity index (χ4n) is 2.31. The van der Waals surface area contributed by atoms with Crippen LogP contribution in [-0.2, 0) is 4.79 Å². The van der Waals surface area contributed by atoms with Crippen molar-refractivity contribution in [2.45, 2.75) is 39.9 Å². The van der Waals surface area contributed by atoms with Gasteiger partial charge in [-0.05, 0) is 30.5 Å². The lowest BCUT2D eigenvalue weighted by Gasteiger charge is -2.34. The normalized spacial score (nSPS) is 24.1. The molecule has 1 aliphatic rings. The second kappa shape index (κ2) is 4.97. The van der Waals surface area contributed by atoms with Crippen LogP contribution in [0.5, 0.6) is 0 Å². The Morgan fingerprint density at radius 3 is 2.16 bits per heavy atom. The highest BCUT2D eigenvalue weighted by molar-refractivity contribution is 6.35. The molecule has 1 N–H and O–H groups in total. The van der Waals surface area contributed by atoms with Crippen LogP contribution in [0.3, 0.4) is 0 Å². The summed E-state index contributed by atoms with van der Waals surface area (Å²) in [6.45, 7) is 8.15. The van der Waals surface area contributed by atoms with Crippen molar-refractivity contribution in [3.63, 3.8) is 0 Å². The third-order valence-electron chi connectivity index (χ3n) is 3.22. The van der Waals surface area contributed by atoms with Crippen LogP contribution in [0.2, 0.25) is 10.0 Å². The topological polar surface area (TPSA) is 32.3 Å². The number of hydrogen-bond donors (Lipinski definition) is 1. The lowest BCUT2D eigenvalue weighted by molar-refractivity contribution is -0.118. The molecule has 0 aliphatic carbocycles. The van der Waals surface area contributed by atoms with Gasteiger partial charge < -0.3 is 0 Å². The first-order valence-corrected chi connectivity index (χ1v) is 7.01. The maximum absolute atomic E-state index is 12.4. The average Bonchev–Trinajstić information content (AvgIpc) is 2.53. The van der Waals surface area contributed by atoms with E-state index in [2.05, 4.69) is 26.1 Å². The van der Waals surface area contributed by atoms with Gasteiger partial charge in [-0.3, -0.25) is 15.0 Å². The summed E-state index contributed by atoms with van der Waals surface area (Å²) in [7, 11) is 0. The first-order chi connectivity index (χ1) is 8.70. The molecule has 1 aromatic rings. The lowest BCUT2D eigenvalue weighted by Crippen LogP contribution is -2.47. The van der Waals surface area contributed by atoms with Gasteiger partial charge in [0.15, 0.2) is 0 Å². The average molecular weight is 301 g/mol. The van der Waals surface area contributed by atoms with E-state index in [0.29, 0.717) is 10.0 Å². The van der Waals surface area contributed by atoms with Gasteiger partial charge in [-0.25, -0.2) is 0 Å². The van der Waals surface area contributed by atoms with Gasteiger partial charge in [0, 0.05) is 15.7 Å². The number of nitrogens with zero attached hydrogens (tertiary/aromatic N) is 1. The predicted octanol–water partition coefficient (Wildman–Crippen LogP) is 3.69. The molecule has 0 bridgehead atoms. The number of carbonyl (C=O) groups is 1. The number of carbonyl (C=O) groups excluding carboxylic acids is 1. The van der Waals surface area contributed by atoms with E-state index < -0.39 is 0 Å². The molecule has 2 atom stereocenters. The fourth-order valence-corrected chi connectivity index (χ4v) is 2.82. The van der Waals surface area contributed by atoms with E-state index in [-0.39, 0.29) is 23.5 Å². The Bertz CT molecular complexity index is 490. The quantitative estimate of drug-likeness (QED) is 0.858. The highest BCUT2D eigenvalue weighted by atomic mass is 35.5. The number of benzene rings is 1. The van der Waals surface area contributed by atoms with E-state index in [1.54, 1.807) is 23.1 Å². The van der Waals surface area contributed by atoms with E-state index >= 15 is 0 Å². The highest BCUT2D eigenvalue weighted by Gasteiger charge is 2.43. The summed E-state index contributed by atoms with van der Waals surface area (Å²) >= 11 is 12.1. The van der Waals surface area contributed by atoms with Crippen LogP contribution in [0.1, 0.15) is 27.7 Å². The molecule has 1 aliphatic heterocycles. The summed E-state index contributed by atoms with van der Waals surface area (Å²) in [6, 6.07) is 4.99. The zero-order valence-electron chi connectivity index (χ0n) is 11.5. The van der Waals surface area contributed by atoms with Crippen molar-refractivity contribution < 1.29 is 4.79 Å². The van der Waals surface area contributed by atoms with Gasteiger partial charge >= 0.3 is 0 Å². The summed E-state index contributed by atoms with van der Waals surface area (Å²) < 4.78 is 0. The predicted molar refractivity (Wildman–Crippen MR) is 79.8 cm³/mol. The molecule has 1 amide bonds. The van der Waals surface area contributed by atoms with Crippen molar-refractivity contribution in [3.05, 3.63) is 28.2 Å². The molecule has 19 heavy (non-hydrogen) atoms. The molecule has 1 aromatic carbocycles. The molecule has 5 heteroatoms. The maximum atomic E-state index is 12.4. The summed E-state index contributed by atoms with van der Waals surface area (Å²) in [6.07, 6.45) is -0.0791. The standard InChI is InChI=1S/C14H18Cl2N2O/c1-8-12(19)18(13(17-8)14(2,3)4)11-6-9(15)5-10(16)7-11/h5-8,13,17H,1-4H3/t8-,13+/m1/s1. The minimum atomic E-state index is -0.206. The zero-order valence-corrected chi connectivity index (χ0v) is 13.0. The van der Waals surface area contributed by atoms with Crippen molar-refractivity contribution in [2.75, 3.05) is 4.90 Å². The molecule has 0 unspecified atom stereocenters. The molecule has 1 heterocycles. The summed E-state index contributed by atoms with van der Waals surface area (Å²) in [4.78, 5) is 14.1. The molecule has 2 rings (SSSR count). The van der Waals surface area contributed by atoms with Crippen LogP contribution in [0.25, 0.3) is 0 Å². The Kier molecular flexibility index (Phi) is 3.83. The van der Waals surface area contributed by atoms with Crippen molar-refractivity contribution in [1.29, 1.82) is 0 Å². The van der Waals surface area contributed by atoms with Crippen LogP contribution in [0.4, 0.5) is 5.69 Å². The van der Waals surface area contributed by atoms with Crippen molar-refractivity contribution in [1.82, 2.24) is 5.32 Å². The maximum Gasteiger partial charge on any atom is 0.245 e. The van der Waals surface area contributed by atoms with Crippen molar-refractivity contribution in [2.24, 2.45) is 5.41 Å². The largest absolute Gasteiger partial charge is 0.294 e. The molecule has 1 saturated heterocycles. The summed E-state index contributed by atoms with van der Waals surface area (Å²) in [5, 5.41) is 4.38. The van der Waals surface area contributed by atoms with Crippen molar-refractivity contribution >= 4 is 34.8 Å². The molecule has 0 aromatic heterocycles. The van der Waals surface area contributed by atoms with Crippen LogP contribution in [-0.4, -0.2) is 18.1 Å². The van der Waals surface area contributed by atoms with E-state index in [4.69, 9.17) is 23.2 Å². The number of amides is 1. The minimum absolute atomic E-state index is 0.0401. The third-order valence-corrected chi connectivity index (χ3v) is 3.66. The van der Waals surface area contributed by atoms with E-state index in [9.17, 15) is 4.79 Å². The summed E-state index contributed by atoms with van der Waals surface area (Å²) in [5.74, 6) is 0.0401. The lowest BCUT2D eigenvalue weighted by atomic mass is 9.91. The number of anilines is 1. The van der Waals surface area contributed by atoms with Gasteiger partial charge in [-0.2, -0.15) is 0 Å². The first kappa shape index (κ1) is 14.6. The third kappa shape index (κ3) is 2.88. The van der Waals surface area contributed by atoms with E-state index in [1.807, 2.05) is 6.92 Å². The Hall–Kier alpha value is -0.770. The van der Waals surface area contributed by atoms with Gasteiger partial charge in [-0.1, -0.05) is 44.0 Å². The Morgan fingerprint density at radius 1 is 1.16 bits per heavy atom. The number of halogens is 2. The molecular formula is C14H18Cl2N2O. The fraction of sp³-hybridized carbons (Fsp3) is 0.500. The molecular weight excluding hydrogens is 283 g/mol. The van der Waals surface area contributed by atoms with Gasteiger partial charge in [0.25, 0.3) is 0 Å². The van der Waals surface area contributed by atoms with Crippen LogP contribution >= 0.6 is 23.2 Å². The highest BCUT2D eigenvalue weighted by Crippen LogP contribution is 2.34. The van der Waals surface area contributed by atoms with Gasteiger partial charge in [0.05, 0.1) is 12.2 Å². The molecule has 0 saturated carbocycles. The van der Waals surface area contributed by atoms with E-state index in [0.717, 1.165) is 5.69 Å². The second-order valence-electron chi connectivity index (χ2n) is 5.99. The molecule has 0 spiro atoms. The van der Waals surface area contributed by atoms with Crippen molar-refractivity contribution in [3.8, 4) is 0 Å². The van der Waals surface area contributed by atoms with E-state index in [1.165, 1.54) is 0 Å². The molecule has 104 valence electrons. The SMILES string of the molecule is C[C@H]1N[C@H](C(C)(C)C)N(c2cc(Cl)cc(Cl)c2)C1=O. The number of hydrogen-bond acceptors (Lipinski definition) is 2. The minimum Gasteiger partial charge on any atom is -0.294 e. The Balaban J connectivity index is 2.47. The monoisotopic (exact) mass is 300 g/mol.